The molecule has 0 radical (unpaired) electrons. The summed E-state index contributed by atoms with van der Waals surface area (Å²) in [6, 6.07) is 13.9. The van der Waals surface area contributed by atoms with Gasteiger partial charge in [-0.2, -0.15) is 0 Å². The summed E-state index contributed by atoms with van der Waals surface area (Å²) in [5.74, 6) is 0.0793. The summed E-state index contributed by atoms with van der Waals surface area (Å²) in [6.45, 7) is 0.950. The van der Waals surface area contributed by atoms with E-state index in [9.17, 15) is 4.79 Å². The van der Waals surface area contributed by atoms with E-state index in [0.29, 0.717) is 6.42 Å². The molecule has 0 saturated carbocycles. The first-order chi connectivity index (χ1) is 10.6. The van der Waals surface area contributed by atoms with Crippen LogP contribution in [0, 0.1) is 0 Å². The minimum atomic E-state index is 0. The molecule has 0 aliphatic carbocycles. The van der Waals surface area contributed by atoms with Crippen molar-refractivity contribution in [2.75, 3.05) is 24.3 Å². The fourth-order valence-corrected chi connectivity index (χ4v) is 2.23. The number of hydrogen-bond donors (Lipinski definition) is 1. The number of benzene rings is 1. The van der Waals surface area contributed by atoms with E-state index in [4.69, 9.17) is 0 Å². The highest BCUT2D eigenvalue weighted by molar-refractivity contribution is 5.90. The molecule has 2 aromatic rings. The van der Waals surface area contributed by atoms with Crippen LogP contribution < -0.4 is 31.8 Å². The van der Waals surface area contributed by atoms with Crippen LogP contribution in [-0.4, -0.2) is 20.0 Å². The Morgan fingerprint density at radius 1 is 1.04 bits per heavy atom. The van der Waals surface area contributed by atoms with E-state index in [-0.39, 0.29) is 22.9 Å². The molecule has 1 heterocycles. The molecule has 2 rings (SSSR count). The van der Waals surface area contributed by atoms with Gasteiger partial charge in [-0.15, -0.1) is 0 Å². The Balaban J connectivity index is 0.00000264. The van der Waals surface area contributed by atoms with E-state index in [2.05, 4.69) is 9.88 Å². The molecule has 1 N–H and O–H groups in total. The van der Waals surface area contributed by atoms with Crippen LogP contribution >= 0.6 is 0 Å². The van der Waals surface area contributed by atoms with Crippen molar-refractivity contribution >= 4 is 17.3 Å². The maximum absolute atomic E-state index is 11.9. The lowest BCUT2D eigenvalue weighted by Gasteiger charge is -2.13. The number of unbranched alkanes of at least 4 members (excludes halogenated alkanes) is 1. The predicted molar refractivity (Wildman–Crippen MR) is 89.9 cm³/mol. The van der Waals surface area contributed by atoms with Gasteiger partial charge in [0.1, 0.15) is 6.54 Å². The first-order valence-corrected chi connectivity index (χ1v) is 7.66. The van der Waals surface area contributed by atoms with Gasteiger partial charge in [-0.05, 0) is 30.7 Å². The highest BCUT2D eigenvalue weighted by Crippen LogP contribution is 2.15. The Bertz CT molecular complexity index is 585. The summed E-state index contributed by atoms with van der Waals surface area (Å²) < 4.78 is 2.14. The summed E-state index contributed by atoms with van der Waals surface area (Å²) in [4.78, 5) is 13.9. The number of pyridine rings is 1. The molecule has 0 aliphatic rings. The molecule has 1 aromatic carbocycles. The molecular weight excluding hydrogens is 354 g/mol. The molecule has 4 nitrogen and oxygen atoms in total. The molecular formula is C18H24BrN3O. The van der Waals surface area contributed by atoms with Crippen molar-refractivity contribution in [3.63, 3.8) is 0 Å². The van der Waals surface area contributed by atoms with Crippen LogP contribution in [0.25, 0.3) is 0 Å². The van der Waals surface area contributed by atoms with Crippen LogP contribution in [-0.2, 0) is 11.3 Å². The first kappa shape index (κ1) is 19.2. The Kier molecular flexibility index (Phi) is 8.33. The molecule has 124 valence electrons. The van der Waals surface area contributed by atoms with E-state index < -0.39 is 0 Å². The minimum absolute atomic E-state index is 0. The van der Waals surface area contributed by atoms with Crippen molar-refractivity contribution < 1.29 is 26.3 Å². The average Bonchev–Trinajstić information content (AvgIpc) is 2.53. The monoisotopic (exact) mass is 377 g/mol. The van der Waals surface area contributed by atoms with Crippen molar-refractivity contribution in [2.45, 2.75) is 25.8 Å². The van der Waals surface area contributed by atoms with E-state index in [1.807, 2.05) is 73.9 Å². The molecule has 0 spiro atoms. The molecule has 0 atom stereocenters. The zero-order chi connectivity index (χ0) is 15.8. The smallest absolute Gasteiger partial charge is 0.224 e. The Morgan fingerprint density at radius 2 is 1.70 bits per heavy atom. The van der Waals surface area contributed by atoms with Gasteiger partial charge in [-0.3, -0.25) is 4.79 Å². The van der Waals surface area contributed by atoms with Gasteiger partial charge in [0.15, 0.2) is 12.4 Å². The van der Waals surface area contributed by atoms with Crippen molar-refractivity contribution in [1.82, 2.24) is 0 Å². The van der Waals surface area contributed by atoms with Crippen LogP contribution in [0.1, 0.15) is 19.3 Å². The second kappa shape index (κ2) is 10.0. The van der Waals surface area contributed by atoms with Crippen molar-refractivity contribution in [2.24, 2.45) is 0 Å². The molecule has 1 amide bonds. The van der Waals surface area contributed by atoms with Crippen molar-refractivity contribution in [3.8, 4) is 0 Å². The molecule has 0 aliphatic heterocycles. The normalized spacial score (nSPS) is 9.83. The van der Waals surface area contributed by atoms with E-state index in [1.54, 1.807) is 0 Å². The fraction of sp³-hybridized carbons (Fsp3) is 0.333. The van der Waals surface area contributed by atoms with E-state index >= 15 is 0 Å². The molecule has 0 fully saturated rings. The molecule has 0 unspecified atom stereocenters. The zero-order valence-corrected chi connectivity index (χ0v) is 15.3. The lowest BCUT2D eigenvalue weighted by Crippen LogP contribution is -3.00. The van der Waals surface area contributed by atoms with Crippen LogP contribution in [0.15, 0.2) is 54.9 Å². The van der Waals surface area contributed by atoms with Gasteiger partial charge in [-0.25, -0.2) is 4.57 Å². The number of aromatic nitrogens is 1. The largest absolute Gasteiger partial charge is 1.00 e. The highest BCUT2D eigenvalue weighted by atomic mass is 79.9. The molecule has 5 heteroatoms. The number of nitrogens with one attached hydrogen (secondary N) is 1. The van der Waals surface area contributed by atoms with Gasteiger partial charge in [0.05, 0.1) is 0 Å². The maximum Gasteiger partial charge on any atom is 0.224 e. The summed E-state index contributed by atoms with van der Waals surface area (Å²) >= 11 is 0. The molecule has 1 aromatic heterocycles. The topological polar surface area (TPSA) is 36.2 Å². The van der Waals surface area contributed by atoms with Gasteiger partial charge < -0.3 is 27.2 Å². The third kappa shape index (κ3) is 6.82. The second-order valence-corrected chi connectivity index (χ2v) is 5.56. The summed E-state index contributed by atoms with van der Waals surface area (Å²) in [5, 5.41) is 2.94. The van der Waals surface area contributed by atoms with Gasteiger partial charge in [0.2, 0.25) is 5.91 Å². The average molecular weight is 378 g/mol. The van der Waals surface area contributed by atoms with Crippen LogP contribution in [0.5, 0.6) is 0 Å². The lowest BCUT2D eigenvalue weighted by molar-refractivity contribution is -0.697. The van der Waals surface area contributed by atoms with Gasteiger partial charge in [0, 0.05) is 50.4 Å². The standard InChI is InChI=1S/C18H23N3O.BrH/c1-20(2)17-11-9-16(10-12-17)19-18(22)8-4-7-15-21-13-5-3-6-14-21;/h3,5-6,9-14H,4,7-8,15H2,1-2H3;1H. The quantitative estimate of drug-likeness (QED) is 0.538. The van der Waals surface area contributed by atoms with Gasteiger partial charge >= 0.3 is 0 Å². The summed E-state index contributed by atoms with van der Waals surface area (Å²) in [7, 11) is 4.00. The van der Waals surface area contributed by atoms with Crippen LogP contribution in [0.4, 0.5) is 11.4 Å². The Labute approximate surface area is 148 Å². The third-order valence-corrected chi connectivity index (χ3v) is 3.51. The van der Waals surface area contributed by atoms with Crippen molar-refractivity contribution in [1.29, 1.82) is 0 Å². The van der Waals surface area contributed by atoms with Crippen molar-refractivity contribution in [3.05, 3.63) is 54.9 Å². The molecule has 23 heavy (non-hydrogen) atoms. The number of amides is 1. The predicted octanol–water partition coefficient (Wildman–Crippen LogP) is -0.147. The Hall–Kier alpha value is -1.88. The first-order valence-electron chi connectivity index (χ1n) is 7.66. The molecule has 0 bridgehead atoms. The number of rotatable bonds is 7. The second-order valence-electron chi connectivity index (χ2n) is 5.56. The number of carbonyl (C=O) groups excluding carboxylic acids is 1. The summed E-state index contributed by atoms with van der Waals surface area (Å²) in [5.41, 5.74) is 1.98. The third-order valence-electron chi connectivity index (χ3n) is 3.51. The van der Waals surface area contributed by atoms with Crippen LogP contribution in [0.2, 0.25) is 0 Å². The van der Waals surface area contributed by atoms with E-state index in [1.165, 1.54) is 0 Å². The number of carbonyl (C=O) groups is 1. The number of anilines is 2. The Morgan fingerprint density at radius 3 is 2.30 bits per heavy atom. The van der Waals surface area contributed by atoms with Gasteiger partial charge in [-0.1, -0.05) is 6.07 Å². The number of aryl methyl sites for hydroxylation is 1. The number of halogens is 1. The lowest BCUT2D eigenvalue weighted by atomic mass is 10.2. The number of hydrogen-bond acceptors (Lipinski definition) is 2. The SMILES string of the molecule is CN(C)c1ccc(NC(=O)CCCC[n+]2ccccc2)cc1.[Br-]. The minimum Gasteiger partial charge on any atom is -1.00 e. The number of nitrogens with zero attached hydrogens (tertiary/aromatic N) is 2. The van der Waals surface area contributed by atoms with Crippen LogP contribution in [0.3, 0.4) is 0 Å². The fourth-order valence-electron chi connectivity index (χ4n) is 2.23. The molecule has 0 saturated heterocycles. The van der Waals surface area contributed by atoms with Gasteiger partial charge in [0.25, 0.3) is 0 Å². The maximum atomic E-state index is 11.9. The highest BCUT2D eigenvalue weighted by Gasteiger charge is 2.04. The summed E-state index contributed by atoms with van der Waals surface area (Å²) in [6.07, 6.45) is 6.55. The zero-order valence-electron chi connectivity index (χ0n) is 13.7. The van der Waals surface area contributed by atoms with E-state index in [0.717, 1.165) is 30.8 Å².